The van der Waals surface area contributed by atoms with Crippen molar-refractivity contribution in [1.29, 1.82) is 0 Å². The zero-order valence-electron chi connectivity index (χ0n) is 15.4. The highest BCUT2D eigenvalue weighted by atomic mass is 16.4. The Hall–Kier alpha value is -1.02. The maximum absolute atomic E-state index is 10.8. The van der Waals surface area contributed by atoms with Crippen LogP contribution in [0.3, 0.4) is 0 Å². The lowest BCUT2D eigenvalue weighted by atomic mass is 10.3. The van der Waals surface area contributed by atoms with Gasteiger partial charge >= 0.3 is 5.97 Å². The number of carbonyl (C=O) groups excluding carboxylic acids is 1. The monoisotopic (exact) mass is 344 g/mol. The number of aldehydes is 1. The summed E-state index contributed by atoms with van der Waals surface area (Å²) in [7, 11) is 0. The van der Waals surface area contributed by atoms with Gasteiger partial charge < -0.3 is 25.4 Å². The van der Waals surface area contributed by atoms with E-state index < -0.39 is 5.97 Å². The largest absolute Gasteiger partial charge is 0.480 e. The summed E-state index contributed by atoms with van der Waals surface area (Å²) >= 11 is 0. The molecule has 3 N–H and O–H groups in total. The van der Waals surface area contributed by atoms with Crippen LogP contribution in [0.4, 0.5) is 0 Å². The lowest BCUT2D eigenvalue weighted by Crippen LogP contribution is -2.39. The van der Waals surface area contributed by atoms with Gasteiger partial charge in [0.15, 0.2) is 0 Å². The van der Waals surface area contributed by atoms with Crippen LogP contribution in [0.2, 0.25) is 0 Å². The predicted octanol–water partition coefficient (Wildman–Crippen LogP) is 0.263. The number of nitrogens with one attached hydrogen (secondary N) is 2. The molecule has 1 aliphatic rings. The van der Waals surface area contributed by atoms with E-state index in [0.29, 0.717) is 6.42 Å². The Kier molecular flexibility index (Phi) is 16.1. The van der Waals surface area contributed by atoms with Crippen molar-refractivity contribution in [1.82, 2.24) is 20.4 Å². The minimum Gasteiger partial charge on any atom is -0.480 e. The molecule has 1 rings (SSSR count). The molecule has 0 saturated carbocycles. The molecule has 142 valence electrons. The Morgan fingerprint density at radius 2 is 1.46 bits per heavy atom. The molecule has 0 aromatic rings. The molecule has 7 nitrogen and oxygen atoms in total. The second-order valence-corrected chi connectivity index (χ2v) is 5.89. The molecule has 1 saturated heterocycles. The van der Waals surface area contributed by atoms with Gasteiger partial charge in [-0.05, 0) is 45.6 Å². The van der Waals surface area contributed by atoms with Crippen LogP contribution in [0.25, 0.3) is 0 Å². The highest BCUT2D eigenvalue weighted by Crippen LogP contribution is 1.94. The van der Waals surface area contributed by atoms with Gasteiger partial charge in [0, 0.05) is 32.6 Å². The molecule has 0 spiro atoms. The fourth-order valence-electron chi connectivity index (χ4n) is 2.47. The summed E-state index contributed by atoms with van der Waals surface area (Å²) in [6, 6.07) is 0. The maximum atomic E-state index is 10.8. The Bertz CT molecular complexity index is 300. The third-order valence-corrected chi connectivity index (χ3v) is 3.84. The first kappa shape index (κ1) is 23.0. The minimum absolute atomic E-state index is 0.144. The van der Waals surface area contributed by atoms with Crippen LogP contribution >= 0.6 is 0 Å². The summed E-state index contributed by atoms with van der Waals surface area (Å²) in [6.07, 6.45) is 3.66. The van der Waals surface area contributed by atoms with Crippen LogP contribution in [0.15, 0.2) is 0 Å². The number of hydrogen-bond donors (Lipinski definition) is 3. The van der Waals surface area contributed by atoms with Crippen molar-refractivity contribution < 1.29 is 14.7 Å². The van der Waals surface area contributed by atoms with Gasteiger partial charge in [-0.15, -0.1) is 0 Å². The number of carboxylic acid groups (broad SMARTS) is 1. The van der Waals surface area contributed by atoms with E-state index in [0.717, 1.165) is 78.0 Å². The van der Waals surface area contributed by atoms with Gasteiger partial charge in [0.25, 0.3) is 0 Å². The maximum Gasteiger partial charge on any atom is 0.317 e. The minimum atomic E-state index is -0.738. The lowest BCUT2D eigenvalue weighted by molar-refractivity contribution is -0.138. The van der Waals surface area contributed by atoms with Crippen LogP contribution < -0.4 is 10.6 Å². The molecular formula is C17H36N4O3. The predicted molar refractivity (Wildman–Crippen MR) is 97.5 cm³/mol. The standard InChI is InChI=1S/C14H30N4O2.C3H6O/c1-2-17-9-3-5-16-8-12-18(13-14(19)20)10-4-6-15-7-11-17;1-2-3-4/h15-16H,2-13H2,1H3,(H,19,20);3H,2H2,1H3. The molecule has 0 atom stereocenters. The molecule has 0 radical (unpaired) electrons. The molecule has 0 aromatic carbocycles. The van der Waals surface area contributed by atoms with Gasteiger partial charge in [-0.2, -0.15) is 0 Å². The quantitative estimate of drug-likeness (QED) is 0.631. The molecular weight excluding hydrogens is 308 g/mol. The van der Waals surface area contributed by atoms with Gasteiger partial charge in [-0.3, -0.25) is 9.69 Å². The van der Waals surface area contributed by atoms with Crippen LogP contribution in [-0.4, -0.2) is 92.6 Å². The lowest BCUT2D eigenvalue weighted by Gasteiger charge is -2.23. The summed E-state index contributed by atoms with van der Waals surface area (Å²) in [5.41, 5.74) is 0. The molecule has 7 heteroatoms. The average Bonchev–Trinajstić information content (AvgIpc) is 2.57. The van der Waals surface area contributed by atoms with Crippen LogP contribution in [0, 0.1) is 0 Å². The highest BCUT2D eigenvalue weighted by molar-refractivity contribution is 5.69. The van der Waals surface area contributed by atoms with E-state index in [9.17, 15) is 9.59 Å². The van der Waals surface area contributed by atoms with E-state index in [1.807, 2.05) is 11.8 Å². The summed E-state index contributed by atoms with van der Waals surface area (Å²) in [5.74, 6) is -0.738. The second kappa shape index (κ2) is 16.8. The SMILES string of the molecule is CCC=O.CCN1CCCNCCN(CC(=O)O)CCCNCC1. The first-order chi connectivity index (χ1) is 11.6. The molecule has 24 heavy (non-hydrogen) atoms. The van der Waals surface area contributed by atoms with Crippen LogP contribution in [0.1, 0.15) is 33.1 Å². The smallest absolute Gasteiger partial charge is 0.317 e. The first-order valence-electron chi connectivity index (χ1n) is 9.15. The van der Waals surface area contributed by atoms with E-state index >= 15 is 0 Å². The fourth-order valence-corrected chi connectivity index (χ4v) is 2.47. The van der Waals surface area contributed by atoms with Crippen molar-refractivity contribution in [3.05, 3.63) is 0 Å². The van der Waals surface area contributed by atoms with Crippen molar-refractivity contribution >= 4 is 12.3 Å². The van der Waals surface area contributed by atoms with Crippen molar-refractivity contribution in [2.75, 3.05) is 65.4 Å². The molecule has 0 aliphatic carbocycles. The number of carboxylic acids is 1. The van der Waals surface area contributed by atoms with Crippen LogP contribution in [-0.2, 0) is 9.59 Å². The van der Waals surface area contributed by atoms with E-state index in [1.54, 1.807) is 0 Å². The van der Waals surface area contributed by atoms with E-state index in [-0.39, 0.29) is 6.54 Å². The topological polar surface area (TPSA) is 84.9 Å². The molecule has 1 fully saturated rings. The number of aliphatic carboxylic acids is 1. The first-order valence-corrected chi connectivity index (χ1v) is 9.15. The van der Waals surface area contributed by atoms with Gasteiger partial charge in [0.05, 0.1) is 6.54 Å². The summed E-state index contributed by atoms with van der Waals surface area (Å²) in [5, 5.41) is 15.8. The van der Waals surface area contributed by atoms with Crippen molar-refractivity contribution in [3.63, 3.8) is 0 Å². The van der Waals surface area contributed by atoms with Gasteiger partial charge in [0.1, 0.15) is 6.29 Å². The van der Waals surface area contributed by atoms with E-state index in [2.05, 4.69) is 22.5 Å². The third kappa shape index (κ3) is 14.6. The van der Waals surface area contributed by atoms with Crippen LogP contribution in [0.5, 0.6) is 0 Å². The van der Waals surface area contributed by atoms with E-state index in [4.69, 9.17) is 5.11 Å². The zero-order valence-corrected chi connectivity index (χ0v) is 15.4. The zero-order chi connectivity index (χ0) is 18.0. The number of carbonyl (C=O) groups is 2. The number of rotatable bonds is 4. The van der Waals surface area contributed by atoms with Crippen molar-refractivity contribution in [2.45, 2.75) is 33.1 Å². The average molecular weight is 345 g/mol. The van der Waals surface area contributed by atoms with Gasteiger partial charge in [0.2, 0.25) is 0 Å². The fraction of sp³-hybridized carbons (Fsp3) is 0.882. The number of nitrogens with zero attached hydrogens (tertiary/aromatic N) is 2. The van der Waals surface area contributed by atoms with Crippen molar-refractivity contribution in [2.24, 2.45) is 0 Å². The summed E-state index contributed by atoms with van der Waals surface area (Å²) in [6.45, 7) is 13.0. The molecule has 0 aromatic heterocycles. The highest BCUT2D eigenvalue weighted by Gasteiger charge is 2.09. The van der Waals surface area contributed by atoms with Gasteiger partial charge in [-0.25, -0.2) is 0 Å². The Balaban J connectivity index is 0.00000118. The Morgan fingerprint density at radius 1 is 0.958 bits per heavy atom. The summed E-state index contributed by atoms with van der Waals surface area (Å²) in [4.78, 5) is 24.5. The molecule has 0 amide bonds. The van der Waals surface area contributed by atoms with E-state index in [1.165, 1.54) is 0 Å². The Labute approximate surface area is 146 Å². The molecule has 1 heterocycles. The third-order valence-electron chi connectivity index (χ3n) is 3.84. The van der Waals surface area contributed by atoms with Crippen molar-refractivity contribution in [3.8, 4) is 0 Å². The normalized spacial score (nSPS) is 19.6. The number of likely N-dealkylation sites (N-methyl/N-ethyl adjacent to an activating group) is 1. The second-order valence-electron chi connectivity index (χ2n) is 5.89. The molecule has 0 bridgehead atoms. The van der Waals surface area contributed by atoms with Gasteiger partial charge in [-0.1, -0.05) is 13.8 Å². The summed E-state index contributed by atoms with van der Waals surface area (Å²) < 4.78 is 0. The number of hydrogen-bond acceptors (Lipinski definition) is 6. The molecule has 0 unspecified atom stereocenters. The Morgan fingerprint density at radius 3 is 1.92 bits per heavy atom. The molecule has 1 aliphatic heterocycles.